The van der Waals surface area contributed by atoms with Gasteiger partial charge >= 0.3 is 5.97 Å². The van der Waals surface area contributed by atoms with Gasteiger partial charge in [-0.1, -0.05) is 63.2 Å². The van der Waals surface area contributed by atoms with Gasteiger partial charge in [0.25, 0.3) is 0 Å². The SMILES string of the molecule is CC(C)(C)c1ccc(C(=O)OCc2cccc(Oc3ccccc3)c2)cc1. The largest absolute Gasteiger partial charge is 0.457 e. The first kappa shape index (κ1) is 18.7. The maximum atomic E-state index is 12.3. The van der Waals surface area contributed by atoms with Crippen LogP contribution in [0.2, 0.25) is 0 Å². The van der Waals surface area contributed by atoms with Crippen LogP contribution in [-0.2, 0) is 16.8 Å². The summed E-state index contributed by atoms with van der Waals surface area (Å²) in [7, 11) is 0. The van der Waals surface area contributed by atoms with E-state index in [0.717, 1.165) is 11.3 Å². The Labute approximate surface area is 160 Å². The summed E-state index contributed by atoms with van der Waals surface area (Å²) in [6, 6.07) is 24.7. The monoisotopic (exact) mass is 360 g/mol. The number of benzene rings is 3. The van der Waals surface area contributed by atoms with Gasteiger partial charge < -0.3 is 9.47 Å². The molecule has 3 rings (SSSR count). The maximum absolute atomic E-state index is 12.3. The molecule has 0 amide bonds. The lowest BCUT2D eigenvalue weighted by Gasteiger charge is -2.18. The highest BCUT2D eigenvalue weighted by molar-refractivity contribution is 5.89. The zero-order chi connectivity index (χ0) is 19.3. The summed E-state index contributed by atoms with van der Waals surface area (Å²) in [6.07, 6.45) is 0. The van der Waals surface area contributed by atoms with Crippen LogP contribution in [0.4, 0.5) is 0 Å². The van der Waals surface area contributed by atoms with Crippen LogP contribution in [0.5, 0.6) is 11.5 Å². The van der Waals surface area contributed by atoms with Crippen LogP contribution in [0.15, 0.2) is 78.9 Å². The van der Waals surface area contributed by atoms with Gasteiger partial charge in [-0.05, 0) is 52.9 Å². The van der Waals surface area contributed by atoms with Crippen molar-refractivity contribution in [3.05, 3.63) is 95.6 Å². The molecular weight excluding hydrogens is 336 g/mol. The number of hydrogen-bond donors (Lipinski definition) is 0. The molecule has 27 heavy (non-hydrogen) atoms. The quantitative estimate of drug-likeness (QED) is 0.513. The smallest absolute Gasteiger partial charge is 0.338 e. The van der Waals surface area contributed by atoms with Crippen LogP contribution in [0.25, 0.3) is 0 Å². The third kappa shape index (κ3) is 5.20. The summed E-state index contributed by atoms with van der Waals surface area (Å²) < 4.78 is 11.3. The van der Waals surface area contributed by atoms with Gasteiger partial charge in [-0.2, -0.15) is 0 Å². The van der Waals surface area contributed by atoms with Gasteiger partial charge in [0.1, 0.15) is 18.1 Å². The average Bonchev–Trinajstić information content (AvgIpc) is 2.67. The zero-order valence-electron chi connectivity index (χ0n) is 15.9. The highest BCUT2D eigenvalue weighted by Crippen LogP contribution is 2.24. The molecule has 0 aliphatic heterocycles. The molecule has 0 aliphatic rings. The average molecular weight is 360 g/mol. The first-order chi connectivity index (χ1) is 12.9. The second-order valence-electron chi connectivity index (χ2n) is 7.47. The number of carbonyl (C=O) groups is 1. The minimum absolute atomic E-state index is 0.0572. The molecule has 0 unspecified atom stereocenters. The molecule has 138 valence electrons. The Bertz CT molecular complexity index is 891. The van der Waals surface area contributed by atoms with E-state index in [4.69, 9.17) is 9.47 Å². The van der Waals surface area contributed by atoms with E-state index in [0.29, 0.717) is 11.3 Å². The lowest BCUT2D eigenvalue weighted by molar-refractivity contribution is 0.0472. The number of hydrogen-bond acceptors (Lipinski definition) is 3. The molecule has 3 heteroatoms. The van der Waals surface area contributed by atoms with Crippen molar-refractivity contribution in [2.24, 2.45) is 0 Å². The van der Waals surface area contributed by atoms with Crippen molar-refractivity contribution >= 4 is 5.97 Å². The highest BCUT2D eigenvalue weighted by atomic mass is 16.5. The summed E-state index contributed by atoms with van der Waals surface area (Å²) in [5.74, 6) is 1.15. The fourth-order valence-electron chi connectivity index (χ4n) is 2.66. The van der Waals surface area contributed by atoms with Crippen molar-refractivity contribution in [1.29, 1.82) is 0 Å². The molecule has 0 bridgehead atoms. The van der Waals surface area contributed by atoms with Gasteiger partial charge in [-0.3, -0.25) is 0 Å². The first-order valence-electron chi connectivity index (χ1n) is 9.01. The zero-order valence-corrected chi connectivity index (χ0v) is 15.9. The van der Waals surface area contributed by atoms with Crippen LogP contribution in [0, 0.1) is 0 Å². The standard InChI is InChI=1S/C24H24O3/c1-24(2,3)20-14-12-19(13-15-20)23(25)26-17-18-8-7-11-22(16-18)27-21-9-5-4-6-10-21/h4-16H,17H2,1-3H3. The third-order valence-electron chi connectivity index (χ3n) is 4.23. The lowest BCUT2D eigenvalue weighted by Crippen LogP contribution is -2.12. The van der Waals surface area contributed by atoms with Crippen LogP contribution in [0.1, 0.15) is 42.3 Å². The van der Waals surface area contributed by atoms with Crippen LogP contribution < -0.4 is 4.74 Å². The van der Waals surface area contributed by atoms with Crippen molar-refractivity contribution in [3.8, 4) is 11.5 Å². The van der Waals surface area contributed by atoms with Gasteiger partial charge in [0.2, 0.25) is 0 Å². The predicted octanol–water partition coefficient (Wildman–Crippen LogP) is 6.13. The molecule has 0 saturated carbocycles. The minimum Gasteiger partial charge on any atom is -0.457 e. The van der Waals surface area contributed by atoms with E-state index in [1.165, 1.54) is 5.56 Å². The Morgan fingerprint density at radius 1 is 0.815 bits per heavy atom. The molecule has 3 aromatic carbocycles. The molecular formula is C24H24O3. The highest BCUT2D eigenvalue weighted by Gasteiger charge is 2.15. The molecule has 0 radical (unpaired) electrons. The van der Waals surface area contributed by atoms with Crippen molar-refractivity contribution in [2.45, 2.75) is 32.8 Å². The Kier molecular flexibility index (Phi) is 5.60. The Morgan fingerprint density at radius 3 is 2.15 bits per heavy atom. The van der Waals surface area contributed by atoms with Gasteiger partial charge in [0.05, 0.1) is 5.56 Å². The topological polar surface area (TPSA) is 35.5 Å². The predicted molar refractivity (Wildman–Crippen MR) is 107 cm³/mol. The minimum atomic E-state index is -0.329. The third-order valence-corrected chi connectivity index (χ3v) is 4.23. The summed E-state index contributed by atoms with van der Waals surface area (Å²) >= 11 is 0. The summed E-state index contributed by atoms with van der Waals surface area (Å²) in [5.41, 5.74) is 2.68. The molecule has 0 heterocycles. The molecule has 3 aromatic rings. The molecule has 3 nitrogen and oxygen atoms in total. The summed E-state index contributed by atoms with van der Waals surface area (Å²) in [6.45, 7) is 6.63. The van der Waals surface area contributed by atoms with Crippen molar-refractivity contribution in [1.82, 2.24) is 0 Å². The fraction of sp³-hybridized carbons (Fsp3) is 0.208. The lowest BCUT2D eigenvalue weighted by atomic mass is 9.87. The molecule has 0 atom stereocenters. The van der Waals surface area contributed by atoms with Gasteiger partial charge in [-0.15, -0.1) is 0 Å². The summed E-state index contributed by atoms with van der Waals surface area (Å²) in [4.78, 5) is 12.3. The van der Waals surface area contributed by atoms with E-state index >= 15 is 0 Å². The Hall–Kier alpha value is -3.07. The fourth-order valence-corrected chi connectivity index (χ4v) is 2.66. The maximum Gasteiger partial charge on any atom is 0.338 e. The van der Waals surface area contributed by atoms with Crippen LogP contribution >= 0.6 is 0 Å². The van der Waals surface area contributed by atoms with E-state index in [9.17, 15) is 4.79 Å². The summed E-state index contributed by atoms with van der Waals surface area (Å²) in [5, 5.41) is 0. The Morgan fingerprint density at radius 2 is 1.48 bits per heavy atom. The van der Waals surface area contributed by atoms with E-state index < -0.39 is 0 Å². The number of esters is 1. The molecule has 0 saturated heterocycles. The van der Waals surface area contributed by atoms with Gasteiger partial charge in [-0.25, -0.2) is 4.79 Å². The second kappa shape index (κ2) is 8.09. The number of carbonyl (C=O) groups excluding carboxylic acids is 1. The molecule has 0 fully saturated rings. The number of rotatable bonds is 5. The molecule has 0 aromatic heterocycles. The normalized spacial score (nSPS) is 11.1. The first-order valence-corrected chi connectivity index (χ1v) is 9.01. The van der Waals surface area contributed by atoms with Crippen LogP contribution in [0.3, 0.4) is 0 Å². The van der Waals surface area contributed by atoms with E-state index in [1.54, 1.807) is 0 Å². The Balaban J connectivity index is 1.61. The van der Waals surface area contributed by atoms with Crippen molar-refractivity contribution in [2.75, 3.05) is 0 Å². The molecule has 0 aliphatic carbocycles. The molecule has 0 spiro atoms. The number of para-hydroxylation sites is 1. The van der Waals surface area contributed by atoms with Gasteiger partial charge in [0.15, 0.2) is 0 Å². The van der Waals surface area contributed by atoms with E-state index in [-0.39, 0.29) is 18.0 Å². The molecule has 0 N–H and O–H groups in total. The second-order valence-corrected chi connectivity index (χ2v) is 7.47. The van der Waals surface area contributed by atoms with Crippen molar-refractivity contribution < 1.29 is 14.3 Å². The van der Waals surface area contributed by atoms with Crippen molar-refractivity contribution in [3.63, 3.8) is 0 Å². The van der Waals surface area contributed by atoms with Gasteiger partial charge in [0, 0.05) is 0 Å². The van der Waals surface area contributed by atoms with E-state index in [1.807, 2.05) is 78.9 Å². The van der Waals surface area contributed by atoms with Crippen LogP contribution in [-0.4, -0.2) is 5.97 Å². The number of ether oxygens (including phenoxy) is 2. The van der Waals surface area contributed by atoms with E-state index in [2.05, 4.69) is 20.8 Å².